The molecule has 1 heterocycles. The zero-order valence-electron chi connectivity index (χ0n) is 5.26. The van der Waals surface area contributed by atoms with E-state index in [0.717, 1.165) is 6.67 Å². The van der Waals surface area contributed by atoms with E-state index in [-0.39, 0.29) is 0 Å². The topological polar surface area (TPSA) is 27.6 Å². The second-order valence-corrected chi connectivity index (χ2v) is 2.12. The maximum absolute atomic E-state index is 3.98. The molecule has 0 aromatic rings. The van der Waals surface area contributed by atoms with Crippen molar-refractivity contribution in [3.05, 3.63) is 0 Å². The van der Waals surface area contributed by atoms with Crippen LogP contribution in [-0.2, 0) is 0 Å². The van der Waals surface area contributed by atoms with E-state index in [0.29, 0.717) is 6.04 Å². The highest BCUT2D eigenvalue weighted by Crippen LogP contribution is 1.92. The number of nitrogens with one attached hydrogen (secondary N) is 1. The molecule has 46 valence electrons. The number of hydrazine groups is 1. The Hall–Kier alpha value is -0.570. The lowest BCUT2D eigenvalue weighted by atomic mass is 10.4. The molecule has 1 aliphatic heterocycles. The summed E-state index contributed by atoms with van der Waals surface area (Å²) in [5.41, 5.74) is 3.07. The van der Waals surface area contributed by atoms with Crippen LogP contribution >= 0.6 is 0 Å². The van der Waals surface area contributed by atoms with Gasteiger partial charge < -0.3 is 0 Å². The van der Waals surface area contributed by atoms with Crippen LogP contribution in [0.15, 0.2) is 4.99 Å². The van der Waals surface area contributed by atoms with E-state index in [1.807, 2.05) is 11.3 Å². The van der Waals surface area contributed by atoms with E-state index < -0.39 is 0 Å². The summed E-state index contributed by atoms with van der Waals surface area (Å²) in [5.74, 6) is 0. The molecular formula is C5H11N3. The molecule has 0 amide bonds. The van der Waals surface area contributed by atoms with Crippen molar-refractivity contribution in [2.75, 3.05) is 6.67 Å². The molecule has 0 spiro atoms. The smallest absolute Gasteiger partial charge is 0.107 e. The lowest BCUT2D eigenvalue weighted by Crippen LogP contribution is -2.37. The molecule has 0 aromatic heterocycles. The van der Waals surface area contributed by atoms with Gasteiger partial charge in [-0.1, -0.05) is 0 Å². The van der Waals surface area contributed by atoms with Crippen molar-refractivity contribution in [3.8, 4) is 0 Å². The van der Waals surface area contributed by atoms with E-state index in [4.69, 9.17) is 0 Å². The number of hydrogen-bond donors (Lipinski definition) is 1. The number of nitrogens with zero attached hydrogens (tertiary/aromatic N) is 2. The van der Waals surface area contributed by atoms with Gasteiger partial charge in [-0.3, -0.25) is 10.0 Å². The first-order valence-corrected chi connectivity index (χ1v) is 2.82. The third kappa shape index (κ3) is 0.980. The van der Waals surface area contributed by atoms with Crippen LogP contribution in [0, 0.1) is 0 Å². The molecule has 0 unspecified atom stereocenters. The Kier molecular flexibility index (Phi) is 1.48. The van der Waals surface area contributed by atoms with Gasteiger partial charge >= 0.3 is 0 Å². The minimum atomic E-state index is 0.515. The van der Waals surface area contributed by atoms with Crippen molar-refractivity contribution in [2.24, 2.45) is 4.99 Å². The Balaban J connectivity index is 2.36. The Labute approximate surface area is 49.4 Å². The summed E-state index contributed by atoms with van der Waals surface area (Å²) < 4.78 is 0. The normalized spacial score (nSPS) is 18.6. The summed E-state index contributed by atoms with van der Waals surface area (Å²) >= 11 is 0. The van der Waals surface area contributed by atoms with Crippen LogP contribution in [-0.4, -0.2) is 24.1 Å². The van der Waals surface area contributed by atoms with Gasteiger partial charge in [-0.25, -0.2) is 5.43 Å². The number of hydrogen-bond acceptors (Lipinski definition) is 3. The standard InChI is InChI=1S/C5H11N3/c1-5(2)8-4-6-3-7-8/h4-5,7H,3H2,1-2H3. The first-order chi connectivity index (χ1) is 3.80. The van der Waals surface area contributed by atoms with Crippen molar-refractivity contribution in [1.29, 1.82) is 0 Å². The van der Waals surface area contributed by atoms with Gasteiger partial charge in [-0.2, -0.15) is 0 Å². The van der Waals surface area contributed by atoms with E-state index in [9.17, 15) is 0 Å². The maximum atomic E-state index is 3.98. The summed E-state index contributed by atoms with van der Waals surface area (Å²) in [4.78, 5) is 3.98. The van der Waals surface area contributed by atoms with E-state index >= 15 is 0 Å². The van der Waals surface area contributed by atoms with Gasteiger partial charge in [0.2, 0.25) is 0 Å². The van der Waals surface area contributed by atoms with Gasteiger partial charge in [-0.15, -0.1) is 0 Å². The molecule has 1 rings (SSSR count). The number of aliphatic imine (C=N–C) groups is 1. The predicted molar refractivity (Wildman–Crippen MR) is 33.5 cm³/mol. The molecule has 0 radical (unpaired) electrons. The van der Waals surface area contributed by atoms with Crippen LogP contribution < -0.4 is 5.43 Å². The average Bonchev–Trinajstić information content (AvgIpc) is 2.12. The fourth-order valence-corrected chi connectivity index (χ4v) is 0.608. The monoisotopic (exact) mass is 113 g/mol. The summed E-state index contributed by atoms with van der Waals surface area (Å²) in [6.45, 7) is 4.97. The third-order valence-electron chi connectivity index (χ3n) is 1.11. The second kappa shape index (κ2) is 2.13. The largest absolute Gasteiger partial charge is 0.294 e. The summed E-state index contributed by atoms with van der Waals surface area (Å²) in [6.07, 6.45) is 1.82. The molecule has 1 N–H and O–H groups in total. The molecule has 3 heteroatoms. The second-order valence-electron chi connectivity index (χ2n) is 2.12. The molecule has 3 nitrogen and oxygen atoms in total. The van der Waals surface area contributed by atoms with Crippen molar-refractivity contribution in [3.63, 3.8) is 0 Å². The summed E-state index contributed by atoms with van der Waals surface area (Å²) in [6, 6.07) is 0.515. The Morgan fingerprint density at radius 3 is 2.75 bits per heavy atom. The highest BCUT2D eigenvalue weighted by atomic mass is 15.6. The molecule has 0 saturated heterocycles. The van der Waals surface area contributed by atoms with Gasteiger partial charge in [0.1, 0.15) is 13.0 Å². The molecule has 0 bridgehead atoms. The maximum Gasteiger partial charge on any atom is 0.107 e. The van der Waals surface area contributed by atoms with Crippen molar-refractivity contribution < 1.29 is 0 Å². The Morgan fingerprint density at radius 2 is 2.50 bits per heavy atom. The van der Waals surface area contributed by atoms with E-state index in [1.54, 1.807) is 0 Å². The van der Waals surface area contributed by atoms with Gasteiger partial charge in [0.25, 0.3) is 0 Å². The van der Waals surface area contributed by atoms with Gasteiger partial charge in [0.15, 0.2) is 0 Å². The average molecular weight is 113 g/mol. The lowest BCUT2D eigenvalue weighted by molar-refractivity contribution is 0.291. The fraction of sp³-hybridized carbons (Fsp3) is 0.800. The number of rotatable bonds is 1. The first kappa shape index (κ1) is 5.56. The summed E-state index contributed by atoms with van der Waals surface area (Å²) in [7, 11) is 0. The van der Waals surface area contributed by atoms with Crippen molar-refractivity contribution in [2.45, 2.75) is 19.9 Å². The molecule has 8 heavy (non-hydrogen) atoms. The lowest BCUT2D eigenvalue weighted by Gasteiger charge is -2.17. The minimum Gasteiger partial charge on any atom is -0.294 e. The quantitative estimate of drug-likeness (QED) is 0.526. The highest BCUT2D eigenvalue weighted by Gasteiger charge is 2.05. The molecule has 0 saturated carbocycles. The zero-order valence-corrected chi connectivity index (χ0v) is 5.26. The molecular weight excluding hydrogens is 102 g/mol. The fourth-order valence-electron chi connectivity index (χ4n) is 0.608. The Bertz CT molecular complexity index is 97.8. The van der Waals surface area contributed by atoms with Crippen LogP contribution in [0.2, 0.25) is 0 Å². The van der Waals surface area contributed by atoms with Gasteiger partial charge in [0, 0.05) is 6.04 Å². The third-order valence-corrected chi connectivity index (χ3v) is 1.11. The van der Waals surface area contributed by atoms with Crippen LogP contribution in [0.4, 0.5) is 0 Å². The summed E-state index contributed by atoms with van der Waals surface area (Å²) in [5, 5.41) is 1.99. The molecule has 0 atom stereocenters. The van der Waals surface area contributed by atoms with Crippen LogP contribution in [0.3, 0.4) is 0 Å². The molecule has 1 aliphatic rings. The SMILES string of the molecule is CC(C)N1C=NCN1. The van der Waals surface area contributed by atoms with Crippen molar-refractivity contribution in [1.82, 2.24) is 10.4 Å². The zero-order chi connectivity index (χ0) is 5.98. The molecule has 0 aliphatic carbocycles. The van der Waals surface area contributed by atoms with Gasteiger partial charge in [0.05, 0.1) is 0 Å². The minimum absolute atomic E-state index is 0.515. The highest BCUT2D eigenvalue weighted by molar-refractivity contribution is 5.56. The van der Waals surface area contributed by atoms with Crippen LogP contribution in [0.1, 0.15) is 13.8 Å². The van der Waals surface area contributed by atoms with Crippen LogP contribution in [0.5, 0.6) is 0 Å². The van der Waals surface area contributed by atoms with Crippen LogP contribution in [0.25, 0.3) is 0 Å². The first-order valence-electron chi connectivity index (χ1n) is 2.82. The Morgan fingerprint density at radius 1 is 1.75 bits per heavy atom. The van der Waals surface area contributed by atoms with E-state index in [2.05, 4.69) is 24.3 Å². The predicted octanol–water partition coefficient (Wildman–Crippen LogP) is 0.201. The van der Waals surface area contributed by atoms with Crippen molar-refractivity contribution >= 4 is 6.34 Å². The van der Waals surface area contributed by atoms with E-state index in [1.165, 1.54) is 0 Å². The molecule has 0 fully saturated rings. The molecule has 0 aromatic carbocycles. The van der Waals surface area contributed by atoms with Gasteiger partial charge in [-0.05, 0) is 13.8 Å².